The van der Waals surface area contributed by atoms with E-state index in [1.165, 1.54) is 30.3 Å². The first-order valence-electron chi connectivity index (χ1n) is 12.2. The molecule has 3 aromatic carbocycles. The summed E-state index contributed by atoms with van der Waals surface area (Å²) >= 11 is 0. The molecule has 0 aliphatic carbocycles. The van der Waals surface area contributed by atoms with Crippen molar-refractivity contribution in [1.29, 1.82) is 0 Å². The van der Waals surface area contributed by atoms with Gasteiger partial charge in [0.25, 0.3) is 0 Å². The molecule has 0 aromatic heterocycles. The average Bonchev–Trinajstić information content (AvgIpc) is 2.85. The Morgan fingerprint density at radius 2 is 1.37 bits per heavy atom. The number of carboxylic acid groups (broad SMARTS) is 1. The number of alkyl halides is 6. The highest BCUT2D eigenvalue weighted by molar-refractivity contribution is 5.92. The normalized spacial score (nSPS) is 16.4. The number of benzene rings is 3. The predicted octanol–water partition coefficient (Wildman–Crippen LogP) is 8.22. The molecule has 1 heterocycles. The fourth-order valence-electron chi connectivity index (χ4n) is 5.00. The summed E-state index contributed by atoms with van der Waals surface area (Å²) in [6, 6.07) is 12.0. The highest BCUT2D eigenvalue weighted by Crippen LogP contribution is 2.41. The summed E-state index contributed by atoms with van der Waals surface area (Å²) in [7, 11) is 0. The smallest absolute Gasteiger partial charge is 0.416 e. The molecule has 0 amide bonds. The molecule has 0 saturated carbocycles. The number of nitrogens with zero attached hydrogens (tertiary/aromatic N) is 1. The zero-order valence-corrected chi connectivity index (χ0v) is 20.8. The monoisotopic (exact) mass is 535 g/mol. The van der Waals surface area contributed by atoms with Gasteiger partial charge in [0.05, 0.1) is 22.7 Å². The van der Waals surface area contributed by atoms with Crippen molar-refractivity contribution in [2.24, 2.45) is 5.92 Å². The number of carboxylic acids is 1. The molecule has 1 atom stereocenters. The molecule has 1 fully saturated rings. The molecule has 1 aliphatic heterocycles. The minimum Gasteiger partial charge on any atom is -0.478 e. The Labute approximate surface area is 216 Å². The van der Waals surface area contributed by atoms with Crippen LogP contribution in [0.1, 0.15) is 64.0 Å². The van der Waals surface area contributed by atoms with Gasteiger partial charge in [-0.2, -0.15) is 26.3 Å². The lowest BCUT2D eigenvalue weighted by molar-refractivity contribution is -0.138. The number of aryl methyl sites for hydroxylation is 1. The van der Waals surface area contributed by atoms with Crippen LogP contribution >= 0.6 is 0 Å². The van der Waals surface area contributed by atoms with E-state index in [9.17, 15) is 36.2 Å². The largest absolute Gasteiger partial charge is 0.478 e. The van der Waals surface area contributed by atoms with Gasteiger partial charge < -0.3 is 5.11 Å². The van der Waals surface area contributed by atoms with Gasteiger partial charge in [-0.25, -0.2) is 4.79 Å². The summed E-state index contributed by atoms with van der Waals surface area (Å²) in [5.74, 6) is -0.704. The molecule has 1 saturated heterocycles. The van der Waals surface area contributed by atoms with Crippen LogP contribution in [0.5, 0.6) is 0 Å². The molecule has 0 radical (unpaired) electrons. The number of hydrogen-bond acceptors (Lipinski definition) is 2. The van der Waals surface area contributed by atoms with Gasteiger partial charge in [-0.1, -0.05) is 37.3 Å². The van der Waals surface area contributed by atoms with Gasteiger partial charge in [-0.15, -0.1) is 0 Å². The Balaban J connectivity index is 1.91. The van der Waals surface area contributed by atoms with Gasteiger partial charge in [-0.3, -0.25) is 4.90 Å². The summed E-state index contributed by atoms with van der Waals surface area (Å²) < 4.78 is 79.4. The lowest BCUT2D eigenvalue weighted by Crippen LogP contribution is -2.37. The third-order valence-electron chi connectivity index (χ3n) is 7.18. The van der Waals surface area contributed by atoms with Crippen LogP contribution in [0.25, 0.3) is 11.1 Å². The van der Waals surface area contributed by atoms with E-state index in [1.807, 2.05) is 0 Å². The van der Waals surface area contributed by atoms with E-state index in [4.69, 9.17) is 0 Å². The van der Waals surface area contributed by atoms with Crippen LogP contribution in [0.4, 0.5) is 26.3 Å². The van der Waals surface area contributed by atoms with Crippen LogP contribution in [0, 0.1) is 12.8 Å². The highest BCUT2D eigenvalue weighted by atomic mass is 19.4. The van der Waals surface area contributed by atoms with Crippen molar-refractivity contribution in [3.63, 3.8) is 0 Å². The first kappa shape index (κ1) is 27.7. The third kappa shape index (κ3) is 5.88. The molecule has 1 N–H and O–H groups in total. The average molecular weight is 536 g/mol. The summed E-state index contributed by atoms with van der Waals surface area (Å²) in [6.45, 7) is 5.09. The standard InChI is InChI=1S/C29H27F6NO2/c1-17-11-13-36(14-12-17)26(20-5-9-22(10-6-20)29(33,34)35)25-15-18(2)23(27(37)38)16-24(25)19-3-7-21(8-4-19)28(30,31)32/h3-10,15-17,26H,11-14H2,1-2H3,(H,37,38). The molecule has 0 spiro atoms. The van der Waals surface area contributed by atoms with Crippen LogP contribution in [0.3, 0.4) is 0 Å². The van der Waals surface area contributed by atoms with Gasteiger partial charge in [0.1, 0.15) is 0 Å². The van der Waals surface area contributed by atoms with E-state index < -0.39 is 35.5 Å². The third-order valence-corrected chi connectivity index (χ3v) is 7.18. The Hall–Kier alpha value is -3.33. The second kappa shape index (κ2) is 10.4. The number of halogens is 6. The lowest BCUT2D eigenvalue weighted by Gasteiger charge is -2.38. The second-order valence-electron chi connectivity index (χ2n) is 9.88. The second-order valence-corrected chi connectivity index (χ2v) is 9.88. The Kier molecular flexibility index (Phi) is 7.61. The topological polar surface area (TPSA) is 40.5 Å². The van der Waals surface area contributed by atoms with Crippen molar-refractivity contribution < 1.29 is 36.2 Å². The molecule has 3 nitrogen and oxygen atoms in total. The van der Waals surface area contributed by atoms with Crippen LogP contribution in [0.2, 0.25) is 0 Å². The van der Waals surface area contributed by atoms with Crippen LogP contribution in [-0.4, -0.2) is 29.1 Å². The SMILES string of the molecule is Cc1cc(C(c2ccc(C(F)(F)F)cc2)N2CCC(C)CC2)c(-c2ccc(C(F)(F)F)cc2)cc1C(=O)O. The number of carbonyl (C=O) groups is 1. The van der Waals surface area contributed by atoms with E-state index in [0.29, 0.717) is 46.8 Å². The van der Waals surface area contributed by atoms with E-state index in [0.717, 1.165) is 37.1 Å². The quantitative estimate of drug-likeness (QED) is 0.335. The molecule has 1 unspecified atom stereocenters. The van der Waals surface area contributed by atoms with E-state index in [-0.39, 0.29) is 5.56 Å². The van der Waals surface area contributed by atoms with Crippen LogP contribution in [0.15, 0.2) is 60.7 Å². The molecule has 4 rings (SSSR count). The molecular weight excluding hydrogens is 508 g/mol. The van der Waals surface area contributed by atoms with Crippen molar-refractivity contribution >= 4 is 5.97 Å². The van der Waals surface area contributed by atoms with Gasteiger partial charge in [0.15, 0.2) is 0 Å². The zero-order chi connectivity index (χ0) is 27.8. The molecule has 9 heteroatoms. The number of hydrogen-bond donors (Lipinski definition) is 1. The van der Waals surface area contributed by atoms with Gasteiger partial charge in [-0.05, 0) is 96.9 Å². The lowest BCUT2D eigenvalue weighted by atomic mass is 9.85. The molecule has 38 heavy (non-hydrogen) atoms. The Morgan fingerprint density at radius 1 is 0.868 bits per heavy atom. The van der Waals surface area contributed by atoms with Gasteiger partial charge in [0.2, 0.25) is 0 Å². The maximum absolute atomic E-state index is 13.3. The maximum atomic E-state index is 13.3. The van der Waals surface area contributed by atoms with Gasteiger partial charge in [0, 0.05) is 0 Å². The van der Waals surface area contributed by atoms with Crippen molar-refractivity contribution in [3.05, 3.63) is 94.0 Å². The number of piperidine rings is 1. The molecular formula is C29H27F6NO2. The van der Waals surface area contributed by atoms with E-state index in [2.05, 4.69) is 11.8 Å². The minimum atomic E-state index is -4.53. The van der Waals surface area contributed by atoms with Crippen LogP contribution in [-0.2, 0) is 12.4 Å². The van der Waals surface area contributed by atoms with Crippen molar-refractivity contribution in [2.75, 3.05) is 13.1 Å². The molecule has 1 aliphatic rings. The Bertz CT molecular complexity index is 1290. The van der Waals surface area contributed by atoms with E-state index in [1.54, 1.807) is 13.0 Å². The fraction of sp³-hybridized carbons (Fsp3) is 0.345. The molecule has 0 bridgehead atoms. The molecule has 202 valence electrons. The number of aromatic carboxylic acids is 1. The summed E-state index contributed by atoms with van der Waals surface area (Å²) in [5.41, 5.74) is 0.852. The first-order chi connectivity index (χ1) is 17.8. The zero-order valence-electron chi connectivity index (χ0n) is 20.8. The maximum Gasteiger partial charge on any atom is 0.416 e. The number of rotatable bonds is 5. The summed E-state index contributed by atoms with van der Waals surface area (Å²) in [6.07, 6.45) is -7.29. The van der Waals surface area contributed by atoms with Crippen molar-refractivity contribution in [3.8, 4) is 11.1 Å². The Morgan fingerprint density at radius 3 is 1.84 bits per heavy atom. The number of likely N-dealkylation sites (tertiary alicyclic amines) is 1. The first-order valence-corrected chi connectivity index (χ1v) is 12.2. The molecule has 3 aromatic rings. The predicted molar refractivity (Wildman–Crippen MR) is 132 cm³/mol. The van der Waals surface area contributed by atoms with Crippen LogP contribution < -0.4 is 0 Å². The minimum absolute atomic E-state index is 0.00193. The fourth-order valence-corrected chi connectivity index (χ4v) is 5.00. The summed E-state index contributed by atoms with van der Waals surface area (Å²) in [5, 5.41) is 9.75. The van der Waals surface area contributed by atoms with Crippen molar-refractivity contribution in [2.45, 2.75) is 45.1 Å². The van der Waals surface area contributed by atoms with Crippen molar-refractivity contribution in [1.82, 2.24) is 4.90 Å². The summed E-state index contributed by atoms with van der Waals surface area (Å²) in [4.78, 5) is 14.1. The van der Waals surface area contributed by atoms with E-state index >= 15 is 0 Å². The van der Waals surface area contributed by atoms with Gasteiger partial charge >= 0.3 is 18.3 Å². The highest BCUT2D eigenvalue weighted by Gasteiger charge is 2.33.